The number of halogens is 1. The summed E-state index contributed by atoms with van der Waals surface area (Å²) in [6.07, 6.45) is 1.12. The van der Waals surface area contributed by atoms with Crippen molar-refractivity contribution in [2.24, 2.45) is 0 Å². The summed E-state index contributed by atoms with van der Waals surface area (Å²) in [5.74, 6) is 0.0820. The zero-order chi connectivity index (χ0) is 19.8. The normalized spacial score (nSPS) is 14.0. The van der Waals surface area contributed by atoms with E-state index in [1.807, 2.05) is 47.4 Å². The van der Waals surface area contributed by atoms with Crippen LogP contribution in [-0.4, -0.2) is 60.9 Å². The monoisotopic (exact) mass is 443 g/mol. The Kier molecular flexibility index (Phi) is 7.62. The minimum absolute atomic E-state index is 0.0367. The van der Waals surface area contributed by atoms with Crippen molar-refractivity contribution in [1.29, 1.82) is 0 Å². The molecule has 1 aliphatic rings. The highest BCUT2D eigenvalue weighted by Crippen LogP contribution is 2.15. The predicted octanol–water partition coefficient (Wildman–Crippen LogP) is 2.96. The second-order valence-electron chi connectivity index (χ2n) is 6.92. The number of carbonyl (C=O) groups is 2. The molecule has 28 heavy (non-hydrogen) atoms. The number of nitrogens with zero attached hydrogens (tertiary/aromatic N) is 2. The Balaban J connectivity index is 1.66. The number of amides is 2. The Morgan fingerprint density at radius 2 is 1.75 bits per heavy atom. The summed E-state index contributed by atoms with van der Waals surface area (Å²) in [4.78, 5) is 29.3. The molecule has 5 nitrogen and oxygen atoms in total. The molecule has 2 aromatic rings. The molecular formula is C22H26BrN3O2. The first-order valence-electron chi connectivity index (χ1n) is 9.71. The zero-order valence-electron chi connectivity index (χ0n) is 15.9. The molecule has 2 aromatic carbocycles. The molecule has 1 N–H and O–H groups in total. The third-order valence-electron chi connectivity index (χ3n) is 4.94. The van der Waals surface area contributed by atoms with Crippen molar-refractivity contribution >= 4 is 27.7 Å². The van der Waals surface area contributed by atoms with E-state index in [0.29, 0.717) is 25.1 Å². The largest absolute Gasteiger partial charge is 0.340 e. The SMILES string of the molecule is O=C(CCN(CCc1ccccc1)C(=O)c1cccc(Br)c1)N1CCNCC1. The lowest BCUT2D eigenvalue weighted by molar-refractivity contribution is -0.131. The number of piperazine rings is 1. The summed E-state index contributed by atoms with van der Waals surface area (Å²) in [5, 5.41) is 3.26. The quantitative estimate of drug-likeness (QED) is 0.715. The molecule has 0 radical (unpaired) electrons. The van der Waals surface area contributed by atoms with Gasteiger partial charge >= 0.3 is 0 Å². The van der Waals surface area contributed by atoms with E-state index < -0.39 is 0 Å². The van der Waals surface area contributed by atoms with Gasteiger partial charge in [-0.15, -0.1) is 0 Å². The number of rotatable bonds is 7. The van der Waals surface area contributed by atoms with E-state index in [4.69, 9.17) is 0 Å². The van der Waals surface area contributed by atoms with Crippen LogP contribution in [0.25, 0.3) is 0 Å². The second kappa shape index (κ2) is 10.4. The van der Waals surface area contributed by atoms with E-state index in [-0.39, 0.29) is 11.8 Å². The Labute approximate surface area is 174 Å². The molecule has 0 unspecified atom stereocenters. The molecule has 0 spiro atoms. The topological polar surface area (TPSA) is 52.7 Å². The van der Waals surface area contributed by atoms with Crippen LogP contribution in [0.2, 0.25) is 0 Å². The van der Waals surface area contributed by atoms with Gasteiger partial charge in [-0.2, -0.15) is 0 Å². The van der Waals surface area contributed by atoms with E-state index in [0.717, 1.165) is 37.1 Å². The lowest BCUT2D eigenvalue weighted by Crippen LogP contribution is -2.47. The fraction of sp³-hybridized carbons (Fsp3) is 0.364. The number of hydrogen-bond donors (Lipinski definition) is 1. The summed E-state index contributed by atoms with van der Waals surface area (Å²) in [6, 6.07) is 17.5. The lowest BCUT2D eigenvalue weighted by Gasteiger charge is -2.29. The summed E-state index contributed by atoms with van der Waals surface area (Å²) in [7, 11) is 0. The summed E-state index contributed by atoms with van der Waals surface area (Å²) in [5.41, 5.74) is 1.82. The van der Waals surface area contributed by atoms with Gasteiger partial charge in [0.2, 0.25) is 5.91 Å². The molecule has 0 bridgehead atoms. The van der Waals surface area contributed by atoms with Gasteiger partial charge < -0.3 is 15.1 Å². The Bertz CT molecular complexity index is 791. The zero-order valence-corrected chi connectivity index (χ0v) is 17.5. The molecule has 0 aromatic heterocycles. The molecule has 0 atom stereocenters. The molecule has 3 rings (SSSR count). The highest BCUT2D eigenvalue weighted by Gasteiger charge is 2.20. The average Bonchev–Trinajstić information content (AvgIpc) is 2.74. The first-order valence-corrected chi connectivity index (χ1v) is 10.5. The van der Waals surface area contributed by atoms with Crippen LogP contribution < -0.4 is 5.32 Å². The Hall–Kier alpha value is -2.18. The Morgan fingerprint density at radius 1 is 1.00 bits per heavy atom. The number of carbonyl (C=O) groups excluding carboxylic acids is 2. The molecule has 0 aliphatic carbocycles. The average molecular weight is 444 g/mol. The van der Waals surface area contributed by atoms with Gasteiger partial charge in [0, 0.05) is 55.7 Å². The number of hydrogen-bond acceptors (Lipinski definition) is 3. The molecule has 1 heterocycles. The van der Waals surface area contributed by atoms with E-state index in [2.05, 4.69) is 33.4 Å². The number of nitrogens with one attached hydrogen (secondary N) is 1. The van der Waals surface area contributed by atoms with Crippen molar-refractivity contribution < 1.29 is 9.59 Å². The van der Waals surface area contributed by atoms with Gasteiger partial charge in [-0.25, -0.2) is 0 Å². The maximum atomic E-state index is 13.1. The first kappa shape index (κ1) is 20.6. The van der Waals surface area contributed by atoms with E-state index in [1.54, 1.807) is 4.90 Å². The van der Waals surface area contributed by atoms with E-state index >= 15 is 0 Å². The predicted molar refractivity (Wildman–Crippen MR) is 114 cm³/mol. The van der Waals surface area contributed by atoms with Gasteiger partial charge in [0.05, 0.1) is 0 Å². The molecule has 6 heteroatoms. The minimum Gasteiger partial charge on any atom is -0.340 e. The maximum Gasteiger partial charge on any atom is 0.253 e. The molecule has 1 fully saturated rings. The van der Waals surface area contributed by atoms with E-state index in [1.165, 1.54) is 5.56 Å². The third kappa shape index (κ3) is 5.91. The van der Waals surface area contributed by atoms with Crippen molar-refractivity contribution in [2.75, 3.05) is 39.3 Å². The van der Waals surface area contributed by atoms with Gasteiger partial charge in [-0.1, -0.05) is 52.3 Å². The lowest BCUT2D eigenvalue weighted by atomic mass is 10.1. The molecule has 0 saturated carbocycles. The van der Waals surface area contributed by atoms with Crippen LogP contribution in [0, 0.1) is 0 Å². The van der Waals surface area contributed by atoms with Crippen LogP contribution >= 0.6 is 15.9 Å². The summed E-state index contributed by atoms with van der Waals surface area (Å²) in [6.45, 7) is 4.16. The highest BCUT2D eigenvalue weighted by molar-refractivity contribution is 9.10. The highest BCUT2D eigenvalue weighted by atomic mass is 79.9. The van der Waals surface area contributed by atoms with Gasteiger partial charge in [-0.3, -0.25) is 9.59 Å². The van der Waals surface area contributed by atoms with Gasteiger partial charge in [0.15, 0.2) is 0 Å². The van der Waals surface area contributed by atoms with Crippen LogP contribution in [0.4, 0.5) is 0 Å². The van der Waals surface area contributed by atoms with Gasteiger partial charge in [0.1, 0.15) is 0 Å². The standard InChI is InChI=1S/C22H26BrN3O2/c23-20-8-4-7-19(17-20)22(28)26(13-9-18-5-2-1-3-6-18)14-10-21(27)25-15-11-24-12-16-25/h1-8,17,24H,9-16H2. The maximum absolute atomic E-state index is 13.1. The Morgan fingerprint density at radius 3 is 2.46 bits per heavy atom. The van der Waals surface area contributed by atoms with Crippen molar-refractivity contribution in [3.05, 3.63) is 70.2 Å². The fourth-order valence-electron chi connectivity index (χ4n) is 3.33. The van der Waals surface area contributed by atoms with Crippen molar-refractivity contribution in [3.63, 3.8) is 0 Å². The van der Waals surface area contributed by atoms with Crippen LogP contribution in [0.5, 0.6) is 0 Å². The van der Waals surface area contributed by atoms with E-state index in [9.17, 15) is 9.59 Å². The van der Waals surface area contributed by atoms with Crippen LogP contribution in [-0.2, 0) is 11.2 Å². The second-order valence-corrected chi connectivity index (χ2v) is 7.83. The first-order chi connectivity index (χ1) is 13.6. The third-order valence-corrected chi connectivity index (χ3v) is 5.43. The van der Waals surface area contributed by atoms with Gasteiger partial charge in [0.25, 0.3) is 5.91 Å². The number of benzene rings is 2. The minimum atomic E-state index is -0.0367. The fourth-order valence-corrected chi connectivity index (χ4v) is 3.73. The molecular weight excluding hydrogens is 418 g/mol. The van der Waals surface area contributed by atoms with Crippen molar-refractivity contribution in [1.82, 2.24) is 15.1 Å². The molecule has 1 saturated heterocycles. The smallest absolute Gasteiger partial charge is 0.253 e. The van der Waals surface area contributed by atoms with Crippen molar-refractivity contribution in [3.8, 4) is 0 Å². The molecule has 1 aliphatic heterocycles. The van der Waals surface area contributed by atoms with Crippen LogP contribution in [0.15, 0.2) is 59.1 Å². The molecule has 148 valence electrons. The van der Waals surface area contributed by atoms with Gasteiger partial charge in [-0.05, 0) is 30.2 Å². The summed E-state index contributed by atoms with van der Waals surface area (Å²) >= 11 is 3.43. The molecule has 2 amide bonds. The van der Waals surface area contributed by atoms with Crippen molar-refractivity contribution in [2.45, 2.75) is 12.8 Å². The van der Waals surface area contributed by atoms with Crippen LogP contribution in [0.3, 0.4) is 0 Å². The van der Waals surface area contributed by atoms with Crippen LogP contribution in [0.1, 0.15) is 22.3 Å². The summed E-state index contributed by atoms with van der Waals surface area (Å²) < 4.78 is 0.873.